The Morgan fingerprint density at radius 3 is 2.92 bits per heavy atom. The number of hydrogen-bond acceptors (Lipinski definition) is 6. The second-order valence-corrected chi connectivity index (χ2v) is 10.1. The molecule has 9 heteroatoms. The molecule has 3 N–H and O–H groups in total. The molecule has 0 saturated heterocycles. The van der Waals surface area contributed by atoms with Crippen LogP contribution in [0.4, 0.5) is 13.8 Å². The SMILES string of the molecule is N[C@H](Cc1sc2c(NCc3cccs3)snc2c1Br)C1CC(F)(F)C1. The molecule has 3 nitrogen and oxygen atoms in total. The Hall–Kier alpha value is -0.610. The van der Waals surface area contributed by atoms with Crippen LogP contribution in [-0.2, 0) is 13.0 Å². The van der Waals surface area contributed by atoms with Crippen LogP contribution in [0.5, 0.6) is 0 Å². The topological polar surface area (TPSA) is 50.9 Å². The number of nitrogens with two attached hydrogens (primary N) is 1. The van der Waals surface area contributed by atoms with Gasteiger partial charge in [-0.25, -0.2) is 8.78 Å². The summed E-state index contributed by atoms with van der Waals surface area (Å²) in [5, 5.41) is 6.55. The highest BCUT2D eigenvalue weighted by molar-refractivity contribution is 9.10. The number of rotatable bonds is 6. The summed E-state index contributed by atoms with van der Waals surface area (Å²) < 4.78 is 32.7. The van der Waals surface area contributed by atoms with Crippen LogP contribution in [0.25, 0.3) is 10.2 Å². The van der Waals surface area contributed by atoms with E-state index in [1.807, 2.05) is 6.07 Å². The van der Waals surface area contributed by atoms with Gasteiger partial charge in [-0.05, 0) is 51.2 Å². The van der Waals surface area contributed by atoms with E-state index in [0.717, 1.165) is 31.1 Å². The van der Waals surface area contributed by atoms with Crippen LogP contribution in [0.1, 0.15) is 22.6 Å². The highest BCUT2D eigenvalue weighted by Gasteiger charge is 2.47. The van der Waals surface area contributed by atoms with Crippen LogP contribution in [0.2, 0.25) is 0 Å². The van der Waals surface area contributed by atoms with Crippen molar-refractivity contribution in [2.24, 2.45) is 11.7 Å². The third-order valence-electron chi connectivity index (χ3n) is 4.48. The number of nitrogens with zero attached hydrogens (tertiary/aromatic N) is 1. The number of hydrogen-bond donors (Lipinski definition) is 2. The van der Waals surface area contributed by atoms with Gasteiger partial charge in [0.2, 0.25) is 5.92 Å². The Bertz CT molecular complexity index is 867. The lowest BCUT2D eigenvalue weighted by Crippen LogP contribution is -2.46. The molecule has 0 bridgehead atoms. The number of thiophene rings is 2. The van der Waals surface area contributed by atoms with Crippen molar-refractivity contribution in [2.75, 3.05) is 5.32 Å². The fourth-order valence-electron chi connectivity index (χ4n) is 3.03. The predicted octanol–water partition coefficient (Wildman–Crippen LogP) is 5.71. The minimum Gasteiger partial charge on any atom is -0.370 e. The Labute approximate surface area is 164 Å². The van der Waals surface area contributed by atoms with E-state index >= 15 is 0 Å². The Kier molecular flexibility index (Phi) is 4.87. The molecule has 3 aromatic heterocycles. The molecule has 0 aliphatic heterocycles. The molecule has 0 aromatic carbocycles. The molecule has 3 aromatic rings. The fourth-order valence-corrected chi connectivity index (χ4v) is 6.71. The van der Waals surface area contributed by atoms with Crippen LogP contribution < -0.4 is 11.1 Å². The molecule has 1 aliphatic carbocycles. The Morgan fingerprint density at radius 1 is 1.44 bits per heavy atom. The molecule has 0 unspecified atom stereocenters. The summed E-state index contributed by atoms with van der Waals surface area (Å²) in [5.41, 5.74) is 7.11. The van der Waals surface area contributed by atoms with Crippen molar-refractivity contribution in [3.63, 3.8) is 0 Å². The van der Waals surface area contributed by atoms with Crippen molar-refractivity contribution in [1.82, 2.24) is 4.37 Å². The van der Waals surface area contributed by atoms with E-state index in [2.05, 4.69) is 37.1 Å². The third-order valence-corrected chi connectivity index (χ3v) is 8.62. The van der Waals surface area contributed by atoms with Gasteiger partial charge in [-0.3, -0.25) is 0 Å². The largest absolute Gasteiger partial charge is 0.370 e. The molecule has 4 rings (SSSR count). The van der Waals surface area contributed by atoms with Crippen molar-refractivity contribution in [2.45, 2.75) is 37.8 Å². The zero-order chi connectivity index (χ0) is 17.6. The lowest BCUT2D eigenvalue weighted by molar-refractivity contribution is -0.116. The van der Waals surface area contributed by atoms with Gasteiger partial charge in [-0.15, -0.1) is 22.7 Å². The maximum absolute atomic E-state index is 13.1. The van der Waals surface area contributed by atoms with Gasteiger partial charge in [0.25, 0.3) is 0 Å². The first kappa shape index (κ1) is 17.8. The second kappa shape index (κ2) is 6.84. The quantitative estimate of drug-likeness (QED) is 0.492. The standard InChI is InChI=1S/C16H16BrF2N3S3/c17-12-11(4-10(20)8-5-16(18,19)6-8)24-14-13(12)22-25-15(14)21-7-9-2-1-3-23-9/h1-3,8,10,21H,4-7,20H2/t10-/m1/s1. The molecule has 1 atom stereocenters. The fraction of sp³-hybridized carbons (Fsp3) is 0.438. The van der Waals surface area contributed by atoms with E-state index in [1.54, 1.807) is 22.7 Å². The van der Waals surface area contributed by atoms with Gasteiger partial charge in [0, 0.05) is 28.6 Å². The van der Waals surface area contributed by atoms with Crippen LogP contribution in [0.3, 0.4) is 0 Å². The van der Waals surface area contributed by atoms with Crippen LogP contribution in [0, 0.1) is 5.92 Å². The van der Waals surface area contributed by atoms with Gasteiger partial charge in [0.05, 0.1) is 15.7 Å². The smallest absolute Gasteiger partial charge is 0.248 e. The summed E-state index contributed by atoms with van der Waals surface area (Å²) in [6, 6.07) is 3.90. The van der Waals surface area contributed by atoms with E-state index in [9.17, 15) is 8.78 Å². The molecule has 134 valence electrons. The maximum Gasteiger partial charge on any atom is 0.248 e. The molecule has 0 amide bonds. The summed E-state index contributed by atoms with van der Waals surface area (Å²) in [7, 11) is 0. The van der Waals surface area contributed by atoms with Crippen LogP contribution >= 0.6 is 50.1 Å². The Morgan fingerprint density at radius 2 is 2.24 bits per heavy atom. The summed E-state index contributed by atoms with van der Waals surface area (Å²) in [6.45, 7) is 0.774. The summed E-state index contributed by atoms with van der Waals surface area (Å²) in [4.78, 5) is 2.36. The average molecular weight is 464 g/mol. The number of nitrogens with one attached hydrogen (secondary N) is 1. The molecule has 3 heterocycles. The zero-order valence-corrected chi connectivity index (χ0v) is 17.1. The van der Waals surface area contributed by atoms with E-state index in [0.29, 0.717) is 6.42 Å². The van der Waals surface area contributed by atoms with Crippen molar-refractivity contribution in [3.8, 4) is 0 Å². The number of aromatic nitrogens is 1. The Balaban J connectivity index is 1.48. The van der Waals surface area contributed by atoms with Gasteiger partial charge in [-0.2, -0.15) is 4.37 Å². The van der Waals surface area contributed by atoms with Gasteiger partial charge in [0.1, 0.15) is 10.5 Å². The first-order valence-electron chi connectivity index (χ1n) is 7.89. The van der Waals surface area contributed by atoms with Crippen LogP contribution in [-0.4, -0.2) is 16.3 Å². The molecule has 0 spiro atoms. The van der Waals surface area contributed by atoms with Crippen molar-refractivity contribution < 1.29 is 8.78 Å². The lowest BCUT2D eigenvalue weighted by Gasteiger charge is -2.38. The second-order valence-electron chi connectivity index (χ2n) is 6.35. The van der Waals surface area contributed by atoms with E-state index < -0.39 is 5.92 Å². The molecule has 1 aliphatic rings. The molecule has 25 heavy (non-hydrogen) atoms. The lowest BCUT2D eigenvalue weighted by atomic mass is 9.75. The van der Waals surface area contributed by atoms with Gasteiger partial charge < -0.3 is 11.1 Å². The zero-order valence-electron chi connectivity index (χ0n) is 13.1. The van der Waals surface area contributed by atoms with E-state index in [-0.39, 0.29) is 24.8 Å². The monoisotopic (exact) mass is 463 g/mol. The van der Waals surface area contributed by atoms with Crippen molar-refractivity contribution in [1.29, 1.82) is 0 Å². The normalized spacial score (nSPS) is 18.4. The number of anilines is 1. The van der Waals surface area contributed by atoms with Crippen molar-refractivity contribution >= 4 is 65.4 Å². The maximum atomic E-state index is 13.1. The minimum atomic E-state index is -2.52. The van der Waals surface area contributed by atoms with Gasteiger partial charge in [-0.1, -0.05) is 6.07 Å². The van der Waals surface area contributed by atoms with Gasteiger partial charge >= 0.3 is 0 Å². The average Bonchev–Trinajstić information content (AvgIpc) is 3.23. The minimum absolute atomic E-state index is 0.0865. The first-order valence-corrected chi connectivity index (χ1v) is 11.2. The van der Waals surface area contributed by atoms with E-state index in [1.165, 1.54) is 16.4 Å². The molecular formula is C16H16BrF2N3S3. The highest BCUT2D eigenvalue weighted by atomic mass is 79.9. The molecule has 1 fully saturated rings. The summed E-state index contributed by atoms with van der Waals surface area (Å²) in [6.07, 6.45) is 0.436. The van der Waals surface area contributed by atoms with E-state index in [4.69, 9.17) is 5.73 Å². The number of alkyl halides is 2. The third kappa shape index (κ3) is 3.62. The molecule has 0 radical (unpaired) electrons. The van der Waals surface area contributed by atoms with Gasteiger partial charge in [0.15, 0.2) is 0 Å². The summed E-state index contributed by atoms with van der Waals surface area (Å²) >= 11 is 8.43. The number of fused-ring (bicyclic) bond motifs is 1. The predicted molar refractivity (Wildman–Crippen MR) is 106 cm³/mol. The molecule has 1 saturated carbocycles. The van der Waals surface area contributed by atoms with Crippen LogP contribution in [0.15, 0.2) is 22.0 Å². The summed E-state index contributed by atoms with van der Waals surface area (Å²) in [5.74, 6) is -2.61. The molecular weight excluding hydrogens is 448 g/mol. The van der Waals surface area contributed by atoms with Crippen molar-refractivity contribution in [3.05, 3.63) is 31.7 Å². The first-order chi connectivity index (χ1) is 11.9. The number of halogens is 3. The highest BCUT2D eigenvalue weighted by Crippen LogP contribution is 2.46.